The molecule has 0 spiro atoms. The third-order valence-electron chi connectivity index (χ3n) is 5.43. The SMILES string of the molecule is O=c1[nH]c2ccc(Cl)cc2c(-c2ccccc2)c1C1=NNC(C=Cc2ccccc2)C1. The monoisotopic (exact) mass is 425 g/mol. The number of benzene rings is 3. The fourth-order valence-corrected chi connectivity index (χ4v) is 4.14. The lowest BCUT2D eigenvalue weighted by molar-refractivity contribution is 0.694. The summed E-state index contributed by atoms with van der Waals surface area (Å²) in [4.78, 5) is 16.2. The number of aromatic amines is 1. The third kappa shape index (κ3) is 3.90. The van der Waals surface area contributed by atoms with Crippen molar-refractivity contribution >= 4 is 34.3 Å². The highest BCUT2D eigenvalue weighted by Crippen LogP contribution is 2.32. The Kier molecular flexibility index (Phi) is 5.14. The van der Waals surface area contributed by atoms with E-state index in [1.165, 1.54) is 0 Å². The van der Waals surface area contributed by atoms with Gasteiger partial charge in [0.15, 0.2) is 0 Å². The first-order valence-corrected chi connectivity index (χ1v) is 10.5. The second-order valence-corrected chi connectivity index (χ2v) is 7.96. The van der Waals surface area contributed by atoms with Crippen LogP contribution in [0.25, 0.3) is 28.1 Å². The van der Waals surface area contributed by atoms with Crippen LogP contribution in [0.1, 0.15) is 17.5 Å². The van der Waals surface area contributed by atoms with Crippen LogP contribution in [0, 0.1) is 0 Å². The minimum absolute atomic E-state index is 0.0216. The zero-order valence-corrected chi connectivity index (χ0v) is 17.4. The van der Waals surface area contributed by atoms with Crippen LogP contribution in [0.4, 0.5) is 0 Å². The van der Waals surface area contributed by atoms with Gasteiger partial charge < -0.3 is 10.4 Å². The molecule has 2 heterocycles. The highest BCUT2D eigenvalue weighted by Gasteiger charge is 2.24. The summed E-state index contributed by atoms with van der Waals surface area (Å²) < 4.78 is 0. The fourth-order valence-electron chi connectivity index (χ4n) is 3.97. The van der Waals surface area contributed by atoms with E-state index in [1.807, 2.05) is 60.7 Å². The molecule has 4 nitrogen and oxygen atoms in total. The molecule has 4 aromatic rings. The van der Waals surface area contributed by atoms with Gasteiger partial charge in [-0.3, -0.25) is 4.79 Å². The number of nitrogens with one attached hydrogen (secondary N) is 2. The molecule has 0 saturated carbocycles. The maximum absolute atomic E-state index is 13.2. The Morgan fingerprint density at radius 2 is 1.68 bits per heavy atom. The van der Waals surface area contributed by atoms with Gasteiger partial charge in [0.05, 0.1) is 17.3 Å². The van der Waals surface area contributed by atoms with Gasteiger partial charge in [-0.1, -0.05) is 84.4 Å². The van der Waals surface area contributed by atoms with Gasteiger partial charge in [-0.25, -0.2) is 0 Å². The van der Waals surface area contributed by atoms with Gasteiger partial charge in [-0.05, 0) is 29.3 Å². The normalized spacial score (nSPS) is 15.9. The summed E-state index contributed by atoms with van der Waals surface area (Å²) in [6.07, 6.45) is 4.77. The zero-order valence-electron chi connectivity index (χ0n) is 16.7. The number of hydrogen-bond acceptors (Lipinski definition) is 3. The Hall–Kier alpha value is -3.63. The van der Waals surface area contributed by atoms with E-state index in [-0.39, 0.29) is 11.6 Å². The maximum Gasteiger partial charge on any atom is 0.258 e. The van der Waals surface area contributed by atoms with Gasteiger partial charge >= 0.3 is 0 Å². The number of aromatic nitrogens is 1. The van der Waals surface area contributed by atoms with Gasteiger partial charge in [0.25, 0.3) is 5.56 Å². The number of halogens is 1. The molecule has 0 bridgehead atoms. The molecule has 5 rings (SSSR count). The summed E-state index contributed by atoms with van der Waals surface area (Å²) in [7, 11) is 0. The van der Waals surface area contributed by atoms with E-state index in [2.05, 4.69) is 39.8 Å². The predicted octanol–water partition coefficient (Wildman–Crippen LogP) is 5.63. The van der Waals surface area contributed by atoms with Gasteiger partial charge in [-0.2, -0.15) is 5.10 Å². The lowest BCUT2D eigenvalue weighted by atomic mass is 9.92. The predicted molar refractivity (Wildman–Crippen MR) is 129 cm³/mol. The van der Waals surface area contributed by atoms with Crippen molar-refractivity contribution in [1.82, 2.24) is 10.4 Å². The lowest BCUT2D eigenvalue weighted by Gasteiger charge is -2.13. The van der Waals surface area contributed by atoms with Crippen LogP contribution < -0.4 is 11.0 Å². The Labute approximate surface area is 184 Å². The maximum atomic E-state index is 13.2. The van der Waals surface area contributed by atoms with Crippen LogP contribution in [-0.2, 0) is 0 Å². The minimum atomic E-state index is -0.151. The lowest BCUT2D eigenvalue weighted by Crippen LogP contribution is -2.21. The summed E-state index contributed by atoms with van der Waals surface area (Å²) in [5.74, 6) is 0. The molecule has 0 radical (unpaired) electrons. The number of rotatable bonds is 4. The van der Waals surface area contributed by atoms with Crippen molar-refractivity contribution in [3.8, 4) is 11.1 Å². The highest BCUT2D eigenvalue weighted by molar-refractivity contribution is 6.31. The third-order valence-corrected chi connectivity index (χ3v) is 5.66. The average molecular weight is 426 g/mol. The zero-order chi connectivity index (χ0) is 21.2. The molecule has 3 aromatic carbocycles. The quantitative estimate of drug-likeness (QED) is 0.445. The molecule has 0 fully saturated rings. The van der Waals surface area contributed by atoms with E-state index >= 15 is 0 Å². The van der Waals surface area contributed by atoms with Crippen molar-refractivity contribution in [2.24, 2.45) is 5.10 Å². The number of pyridine rings is 1. The molecule has 1 aromatic heterocycles. The first-order valence-electron chi connectivity index (χ1n) is 10.2. The number of fused-ring (bicyclic) bond motifs is 1. The van der Waals surface area contributed by atoms with E-state index in [0.29, 0.717) is 17.0 Å². The molecule has 2 N–H and O–H groups in total. The van der Waals surface area contributed by atoms with Crippen molar-refractivity contribution < 1.29 is 0 Å². The van der Waals surface area contributed by atoms with Crippen molar-refractivity contribution in [3.63, 3.8) is 0 Å². The Morgan fingerprint density at radius 1 is 0.935 bits per heavy atom. The van der Waals surface area contributed by atoms with Crippen LogP contribution in [-0.4, -0.2) is 16.7 Å². The average Bonchev–Trinajstić information content (AvgIpc) is 3.27. The van der Waals surface area contributed by atoms with E-state index < -0.39 is 0 Å². The van der Waals surface area contributed by atoms with Crippen LogP contribution in [0.3, 0.4) is 0 Å². The largest absolute Gasteiger partial charge is 0.321 e. The number of H-pyrrole nitrogens is 1. The summed E-state index contributed by atoms with van der Waals surface area (Å²) in [5.41, 5.74) is 8.04. The van der Waals surface area contributed by atoms with Gasteiger partial charge in [-0.15, -0.1) is 0 Å². The molecule has 0 amide bonds. The fraction of sp³-hybridized carbons (Fsp3) is 0.0769. The van der Waals surface area contributed by atoms with E-state index in [1.54, 1.807) is 6.07 Å². The minimum Gasteiger partial charge on any atom is -0.321 e. The van der Waals surface area contributed by atoms with E-state index in [4.69, 9.17) is 11.6 Å². The molecule has 1 aliphatic heterocycles. The topological polar surface area (TPSA) is 57.2 Å². The highest BCUT2D eigenvalue weighted by atomic mass is 35.5. The molecular weight excluding hydrogens is 406 g/mol. The molecule has 0 aliphatic carbocycles. The summed E-state index contributed by atoms with van der Waals surface area (Å²) in [6.45, 7) is 0. The van der Waals surface area contributed by atoms with Gasteiger partial charge in [0.2, 0.25) is 0 Å². The molecule has 1 atom stereocenters. The first-order chi connectivity index (χ1) is 15.2. The summed E-state index contributed by atoms with van der Waals surface area (Å²) >= 11 is 6.31. The molecule has 31 heavy (non-hydrogen) atoms. The standard InChI is InChI=1S/C26H20ClN3O/c27-19-12-14-22-21(15-19)24(18-9-5-2-6-10-18)25(26(31)28-22)23-16-20(29-30-23)13-11-17-7-3-1-4-8-17/h1-15,20,29H,16H2,(H,28,31). The smallest absolute Gasteiger partial charge is 0.258 e. The van der Waals surface area contributed by atoms with Crippen LogP contribution in [0.15, 0.2) is 94.8 Å². The van der Waals surface area contributed by atoms with E-state index in [9.17, 15) is 4.79 Å². The Balaban J connectivity index is 1.58. The molecular formula is C26H20ClN3O. The van der Waals surface area contributed by atoms with Crippen molar-refractivity contribution in [3.05, 3.63) is 111 Å². The van der Waals surface area contributed by atoms with Crippen LogP contribution in [0.2, 0.25) is 5.02 Å². The number of hydrogen-bond donors (Lipinski definition) is 2. The van der Waals surface area contributed by atoms with Crippen molar-refractivity contribution in [1.29, 1.82) is 0 Å². The van der Waals surface area contributed by atoms with Gasteiger partial charge in [0, 0.05) is 27.9 Å². The second kappa shape index (κ2) is 8.25. The molecule has 5 heteroatoms. The first kappa shape index (κ1) is 19.3. The molecule has 1 aliphatic rings. The molecule has 0 saturated heterocycles. The Morgan fingerprint density at radius 3 is 2.45 bits per heavy atom. The van der Waals surface area contributed by atoms with Crippen LogP contribution >= 0.6 is 11.6 Å². The molecule has 1 unspecified atom stereocenters. The van der Waals surface area contributed by atoms with Crippen molar-refractivity contribution in [2.75, 3.05) is 0 Å². The summed E-state index contributed by atoms with van der Waals surface area (Å²) in [5, 5.41) is 6.06. The summed E-state index contributed by atoms with van der Waals surface area (Å²) in [6, 6.07) is 25.6. The second-order valence-electron chi connectivity index (χ2n) is 7.53. The van der Waals surface area contributed by atoms with Crippen molar-refractivity contribution in [2.45, 2.75) is 12.5 Å². The Bertz CT molecular complexity index is 1360. The van der Waals surface area contributed by atoms with Crippen LogP contribution in [0.5, 0.6) is 0 Å². The number of nitrogens with zero attached hydrogens (tertiary/aromatic N) is 1. The number of hydrazone groups is 1. The van der Waals surface area contributed by atoms with Gasteiger partial charge in [0.1, 0.15) is 0 Å². The molecule has 152 valence electrons. The van der Waals surface area contributed by atoms with E-state index in [0.717, 1.165) is 33.3 Å².